The van der Waals surface area contributed by atoms with E-state index in [0.717, 1.165) is 29.7 Å². The molecule has 3 heteroatoms. The molecule has 1 aliphatic rings. The summed E-state index contributed by atoms with van der Waals surface area (Å²) < 4.78 is 0. The van der Waals surface area contributed by atoms with Crippen molar-refractivity contribution in [1.29, 1.82) is 0 Å². The number of nitrogens with two attached hydrogens (primary N) is 1. The molecule has 0 unspecified atom stereocenters. The Morgan fingerprint density at radius 1 is 1.18 bits per heavy atom. The maximum Gasteiger partial charge on any atom is 0.221 e. The molecule has 0 aliphatic heterocycles. The lowest BCUT2D eigenvalue weighted by molar-refractivity contribution is 0.907. The fraction of sp³-hybridized carbons (Fsp3) is 0.143. The van der Waals surface area contributed by atoms with Crippen molar-refractivity contribution in [2.45, 2.75) is 12.8 Å². The Labute approximate surface area is 99.7 Å². The maximum absolute atomic E-state index is 5.70. The normalized spacial score (nSPS) is 12.4. The van der Waals surface area contributed by atoms with Gasteiger partial charge in [-0.15, -0.1) is 6.42 Å². The maximum atomic E-state index is 5.70. The number of aryl methyl sites for hydroxylation is 1. The van der Waals surface area contributed by atoms with Crippen molar-refractivity contribution in [3.05, 3.63) is 41.1 Å². The number of terminal acetylenes is 1. The van der Waals surface area contributed by atoms with Crippen LogP contribution in [-0.2, 0) is 12.8 Å². The third-order valence-electron chi connectivity index (χ3n) is 3.08. The van der Waals surface area contributed by atoms with E-state index in [1.165, 1.54) is 5.56 Å². The second kappa shape index (κ2) is 3.60. The number of nitrogen functional groups attached to an aromatic ring is 1. The van der Waals surface area contributed by atoms with Crippen LogP contribution in [0.4, 0.5) is 5.95 Å². The predicted octanol–water partition coefficient (Wildman–Crippen LogP) is 1.81. The molecule has 0 radical (unpaired) electrons. The zero-order valence-electron chi connectivity index (χ0n) is 9.27. The molecule has 2 aromatic rings. The van der Waals surface area contributed by atoms with E-state index in [1.807, 2.05) is 12.1 Å². The molecule has 0 amide bonds. The molecule has 0 bridgehead atoms. The highest BCUT2D eigenvalue weighted by atomic mass is 15.0. The van der Waals surface area contributed by atoms with Crippen molar-refractivity contribution in [3.63, 3.8) is 0 Å². The summed E-state index contributed by atoms with van der Waals surface area (Å²) in [4.78, 5) is 8.44. The van der Waals surface area contributed by atoms with Crippen molar-refractivity contribution >= 4 is 5.95 Å². The predicted molar refractivity (Wildman–Crippen MR) is 67.2 cm³/mol. The summed E-state index contributed by atoms with van der Waals surface area (Å²) in [6.45, 7) is 0. The Hall–Kier alpha value is -2.34. The molecule has 0 spiro atoms. The first-order chi connectivity index (χ1) is 8.29. The molecule has 17 heavy (non-hydrogen) atoms. The van der Waals surface area contributed by atoms with Gasteiger partial charge in [0.2, 0.25) is 5.95 Å². The van der Waals surface area contributed by atoms with Crippen LogP contribution in [0.2, 0.25) is 0 Å². The minimum atomic E-state index is 0.244. The molecular formula is C14H11N3. The summed E-state index contributed by atoms with van der Waals surface area (Å²) in [5.41, 5.74) is 10.7. The molecule has 0 atom stereocenters. The number of hydrogen-bond donors (Lipinski definition) is 1. The first-order valence-electron chi connectivity index (χ1n) is 5.51. The minimum Gasteiger partial charge on any atom is -0.368 e. The molecular weight excluding hydrogens is 210 g/mol. The Morgan fingerprint density at radius 3 is 2.82 bits per heavy atom. The fourth-order valence-corrected chi connectivity index (χ4v) is 2.31. The highest BCUT2D eigenvalue weighted by Crippen LogP contribution is 2.33. The smallest absolute Gasteiger partial charge is 0.221 e. The van der Waals surface area contributed by atoms with Gasteiger partial charge in [-0.25, -0.2) is 9.97 Å². The molecule has 0 saturated carbocycles. The molecule has 3 nitrogen and oxygen atoms in total. The quantitative estimate of drug-likeness (QED) is 0.690. The molecule has 2 N–H and O–H groups in total. The van der Waals surface area contributed by atoms with Gasteiger partial charge >= 0.3 is 0 Å². The van der Waals surface area contributed by atoms with E-state index >= 15 is 0 Å². The zero-order valence-corrected chi connectivity index (χ0v) is 9.27. The lowest BCUT2D eigenvalue weighted by atomic mass is 9.88. The fourth-order valence-electron chi connectivity index (χ4n) is 2.31. The van der Waals surface area contributed by atoms with Crippen LogP contribution in [0.3, 0.4) is 0 Å². The number of anilines is 1. The highest BCUT2D eigenvalue weighted by molar-refractivity contribution is 5.72. The average molecular weight is 221 g/mol. The lowest BCUT2D eigenvalue weighted by Crippen LogP contribution is -2.11. The van der Waals surface area contributed by atoms with Crippen LogP contribution in [0, 0.1) is 12.3 Å². The van der Waals surface area contributed by atoms with E-state index < -0.39 is 0 Å². The first kappa shape index (κ1) is 9.86. The second-order valence-corrected chi connectivity index (χ2v) is 4.06. The van der Waals surface area contributed by atoms with Crippen molar-refractivity contribution in [1.82, 2.24) is 9.97 Å². The van der Waals surface area contributed by atoms with Gasteiger partial charge in [0.15, 0.2) is 0 Å². The van der Waals surface area contributed by atoms with Crippen molar-refractivity contribution in [2.75, 3.05) is 5.73 Å². The molecule has 1 aromatic carbocycles. The molecule has 1 aromatic heterocycles. The second-order valence-electron chi connectivity index (χ2n) is 4.06. The van der Waals surface area contributed by atoms with Gasteiger partial charge < -0.3 is 5.73 Å². The average Bonchev–Trinajstić information content (AvgIpc) is 2.37. The summed E-state index contributed by atoms with van der Waals surface area (Å²) in [6.07, 6.45) is 7.33. The van der Waals surface area contributed by atoms with Gasteiger partial charge in [0, 0.05) is 11.1 Å². The topological polar surface area (TPSA) is 51.8 Å². The van der Waals surface area contributed by atoms with Gasteiger partial charge in [-0.05, 0) is 24.3 Å². The molecule has 82 valence electrons. The Morgan fingerprint density at radius 2 is 2.00 bits per heavy atom. The van der Waals surface area contributed by atoms with Crippen LogP contribution in [0.15, 0.2) is 24.3 Å². The number of rotatable bonds is 0. The van der Waals surface area contributed by atoms with Crippen LogP contribution < -0.4 is 5.73 Å². The largest absolute Gasteiger partial charge is 0.368 e. The third-order valence-corrected chi connectivity index (χ3v) is 3.08. The summed E-state index contributed by atoms with van der Waals surface area (Å²) >= 11 is 0. The molecule has 3 rings (SSSR count). The van der Waals surface area contributed by atoms with Gasteiger partial charge in [0.1, 0.15) is 5.69 Å². The minimum absolute atomic E-state index is 0.244. The Balaban J connectivity index is 2.33. The number of nitrogens with zero attached hydrogens (tertiary/aromatic N) is 2. The number of aromatic nitrogens is 2. The summed E-state index contributed by atoms with van der Waals surface area (Å²) in [6, 6.07) is 8.21. The molecule has 1 aliphatic carbocycles. The van der Waals surface area contributed by atoms with Gasteiger partial charge in [-0.2, -0.15) is 0 Å². The van der Waals surface area contributed by atoms with Crippen LogP contribution in [-0.4, -0.2) is 9.97 Å². The van der Waals surface area contributed by atoms with E-state index in [4.69, 9.17) is 12.2 Å². The van der Waals surface area contributed by atoms with E-state index in [1.54, 1.807) is 0 Å². The van der Waals surface area contributed by atoms with Crippen LogP contribution in [0.25, 0.3) is 11.3 Å². The van der Waals surface area contributed by atoms with E-state index in [0.29, 0.717) is 5.69 Å². The van der Waals surface area contributed by atoms with Gasteiger partial charge in [-0.3, -0.25) is 0 Å². The van der Waals surface area contributed by atoms with E-state index in [-0.39, 0.29) is 5.95 Å². The third kappa shape index (κ3) is 1.46. The van der Waals surface area contributed by atoms with Crippen molar-refractivity contribution < 1.29 is 0 Å². The van der Waals surface area contributed by atoms with Crippen LogP contribution in [0.5, 0.6) is 0 Å². The van der Waals surface area contributed by atoms with Crippen molar-refractivity contribution in [3.8, 4) is 23.6 Å². The first-order valence-corrected chi connectivity index (χ1v) is 5.51. The number of fused-ring (bicyclic) bond motifs is 3. The van der Waals surface area contributed by atoms with Crippen LogP contribution >= 0.6 is 0 Å². The summed E-state index contributed by atoms with van der Waals surface area (Å²) in [5.74, 6) is 2.84. The lowest BCUT2D eigenvalue weighted by Gasteiger charge is -2.19. The molecule has 0 fully saturated rings. The van der Waals surface area contributed by atoms with E-state index in [9.17, 15) is 0 Å². The monoisotopic (exact) mass is 221 g/mol. The van der Waals surface area contributed by atoms with Gasteiger partial charge in [0.05, 0.1) is 5.69 Å². The van der Waals surface area contributed by atoms with Gasteiger partial charge in [0.25, 0.3) is 0 Å². The number of hydrogen-bond acceptors (Lipinski definition) is 3. The summed E-state index contributed by atoms with van der Waals surface area (Å²) in [7, 11) is 0. The molecule has 1 heterocycles. The molecule has 0 saturated heterocycles. The van der Waals surface area contributed by atoms with Gasteiger partial charge in [-0.1, -0.05) is 24.3 Å². The highest BCUT2D eigenvalue weighted by Gasteiger charge is 2.20. The zero-order chi connectivity index (χ0) is 11.8. The Kier molecular flexibility index (Phi) is 2.09. The standard InChI is InChI=1S/C14H11N3/c1-2-12-11-8-7-9-5-3-4-6-10(9)13(11)17-14(15)16-12/h1,3-6H,7-8H2,(H2,15,16,17). The van der Waals surface area contributed by atoms with Crippen molar-refractivity contribution in [2.24, 2.45) is 0 Å². The summed E-state index contributed by atoms with van der Waals surface area (Å²) in [5, 5.41) is 0. The SMILES string of the molecule is C#Cc1nc(N)nc2c1CCc1ccccc1-2. The Bertz CT molecular complexity index is 638. The van der Waals surface area contributed by atoms with Crippen LogP contribution in [0.1, 0.15) is 16.8 Å². The van der Waals surface area contributed by atoms with E-state index in [2.05, 4.69) is 28.0 Å². The number of benzene rings is 1.